The molecule has 1 fully saturated rings. The zero-order valence-corrected chi connectivity index (χ0v) is 14.4. The van der Waals surface area contributed by atoms with E-state index in [-0.39, 0.29) is 12.1 Å². The number of amides is 2. The molecule has 2 amide bonds. The van der Waals surface area contributed by atoms with Gasteiger partial charge in [-0.15, -0.1) is 0 Å². The van der Waals surface area contributed by atoms with Crippen LogP contribution in [-0.2, 0) is 9.59 Å². The Kier molecular flexibility index (Phi) is 4.30. The topological polar surface area (TPSA) is 81.2 Å². The molecule has 6 nitrogen and oxygen atoms in total. The van der Waals surface area contributed by atoms with Gasteiger partial charge in [-0.3, -0.25) is 14.3 Å². The molecule has 0 bridgehead atoms. The quantitative estimate of drug-likeness (QED) is 0.860. The highest BCUT2D eigenvalue weighted by Crippen LogP contribution is 2.34. The summed E-state index contributed by atoms with van der Waals surface area (Å²) in [5.41, 5.74) is 7.35. The summed E-state index contributed by atoms with van der Waals surface area (Å²) < 4.78 is 1.98. The van der Waals surface area contributed by atoms with Crippen molar-refractivity contribution in [3.8, 4) is 0 Å². The van der Waals surface area contributed by atoms with Gasteiger partial charge in [0.2, 0.25) is 0 Å². The number of nitrogens with zero attached hydrogens (tertiary/aromatic N) is 3. The number of carbonyl (C=O) groups is 2. The van der Waals surface area contributed by atoms with E-state index in [0.29, 0.717) is 12.5 Å². The number of nitrogens with two attached hydrogens (primary N) is 1. The van der Waals surface area contributed by atoms with Crippen molar-refractivity contribution in [2.45, 2.75) is 45.7 Å². The van der Waals surface area contributed by atoms with E-state index in [9.17, 15) is 9.59 Å². The lowest BCUT2D eigenvalue weighted by molar-refractivity contribution is -0.147. The van der Waals surface area contributed by atoms with Gasteiger partial charge in [0.25, 0.3) is 0 Å². The number of likely N-dealkylation sites (tertiary alicyclic amines) is 1. The second-order valence-corrected chi connectivity index (χ2v) is 7.02. The van der Waals surface area contributed by atoms with Gasteiger partial charge < -0.3 is 10.6 Å². The molecule has 0 spiro atoms. The van der Waals surface area contributed by atoms with Crippen molar-refractivity contribution in [3.05, 3.63) is 30.0 Å². The van der Waals surface area contributed by atoms with Crippen molar-refractivity contribution >= 4 is 22.7 Å². The van der Waals surface area contributed by atoms with Crippen LogP contribution in [0.2, 0.25) is 0 Å². The molecule has 1 aliphatic heterocycles. The summed E-state index contributed by atoms with van der Waals surface area (Å²) in [4.78, 5) is 25.2. The number of primary amides is 1. The number of fused-ring (bicyclic) bond motifs is 1. The van der Waals surface area contributed by atoms with Gasteiger partial charge in [-0.2, -0.15) is 5.10 Å². The summed E-state index contributed by atoms with van der Waals surface area (Å²) in [6.07, 6.45) is 3.71. The van der Waals surface area contributed by atoms with Crippen LogP contribution in [0.15, 0.2) is 24.4 Å². The number of hydrogen-bond donors (Lipinski definition) is 1. The molecule has 1 aromatic carbocycles. The van der Waals surface area contributed by atoms with Crippen LogP contribution >= 0.6 is 0 Å². The molecule has 2 heterocycles. The van der Waals surface area contributed by atoms with Gasteiger partial charge in [0.15, 0.2) is 0 Å². The highest BCUT2D eigenvalue weighted by Gasteiger charge is 2.33. The van der Waals surface area contributed by atoms with E-state index in [4.69, 9.17) is 5.73 Å². The predicted octanol–water partition coefficient (Wildman–Crippen LogP) is 2.40. The number of carbonyl (C=O) groups excluding carboxylic acids is 2. The number of aromatic nitrogens is 2. The number of benzene rings is 1. The maximum absolute atomic E-state index is 12.2. The lowest BCUT2D eigenvalue weighted by Gasteiger charge is -2.38. The third-order valence-electron chi connectivity index (χ3n) is 4.78. The van der Waals surface area contributed by atoms with Crippen LogP contribution in [0.25, 0.3) is 10.9 Å². The Labute approximate surface area is 141 Å². The molecule has 1 aromatic heterocycles. The fourth-order valence-corrected chi connectivity index (χ4v) is 3.56. The molecule has 1 saturated heterocycles. The van der Waals surface area contributed by atoms with Gasteiger partial charge in [0.1, 0.15) is 0 Å². The minimum absolute atomic E-state index is 0.104. The Bertz CT molecular complexity index is 780. The molecule has 0 radical (unpaired) electrons. The van der Waals surface area contributed by atoms with Crippen molar-refractivity contribution in [2.24, 2.45) is 11.7 Å². The Morgan fingerprint density at radius 1 is 1.29 bits per heavy atom. The molecule has 0 aliphatic carbocycles. The maximum atomic E-state index is 12.2. The van der Waals surface area contributed by atoms with Crippen molar-refractivity contribution in [1.82, 2.24) is 14.7 Å². The molecule has 2 atom stereocenters. The number of piperidine rings is 1. The average Bonchev–Trinajstić information content (AvgIpc) is 2.97. The van der Waals surface area contributed by atoms with Crippen molar-refractivity contribution in [3.63, 3.8) is 0 Å². The number of hydrogen-bond acceptors (Lipinski definition) is 3. The van der Waals surface area contributed by atoms with Crippen LogP contribution in [-0.4, -0.2) is 33.0 Å². The normalized spacial score (nSPS) is 21.4. The largest absolute Gasteiger partial charge is 0.361 e. The number of rotatable bonds is 2. The van der Waals surface area contributed by atoms with E-state index < -0.39 is 11.8 Å². The van der Waals surface area contributed by atoms with Crippen molar-refractivity contribution in [1.29, 1.82) is 0 Å². The third kappa shape index (κ3) is 2.88. The van der Waals surface area contributed by atoms with Crippen LogP contribution < -0.4 is 5.73 Å². The van der Waals surface area contributed by atoms with Crippen LogP contribution in [0, 0.1) is 5.92 Å². The molecular formula is C18H24N4O2. The molecule has 128 valence electrons. The fourth-order valence-electron chi connectivity index (χ4n) is 3.56. The summed E-state index contributed by atoms with van der Waals surface area (Å²) in [5, 5.41) is 5.48. The van der Waals surface area contributed by atoms with Crippen molar-refractivity contribution in [2.75, 3.05) is 6.54 Å². The van der Waals surface area contributed by atoms with Crippen LogP contribution in [0.1, 0.15) is 51.3 Å². The van der Waals surface area contributed by atoms with Crippen LogP contribution in [0.3, 0.4) is 0 Å². The molecule has 2 N–H and O–H groups in total. The smallest absolute Gasteiger partial charge is 0.312 e. The molecule has 3 rings (SSSR count). The Morgan fingerprint density at radius 3 is 2.71 bits per heavy atom. The first kappa shape index (κ1) is 16.5. The first-order valence-electron chi connectivity index (χ1n) is 8.46. The van der Waals surface area contributed by atoms with Crippen molar-refractivity contribution < 1.29 is 9.59 Å². The highest BCUT2D eigenvalue weighted by molar-refractivity contribution is 6.34. The third-order valence-corrected chi connectivity index (χ3v) is 4.78. The summed E-state index contributed by atoms with van der Waals surface area (Å²) in [6.45, 7) is 6.84. The van der Waals surface area contributed by atoms with Gasteiger partial charge in [-0.25, -0.2) is 0 Å². The van der Waals surface area contributed by atoms with Crippen LogP contribution in [0.5, 0.6) is 0 Å². The zero-order chi connectivity index (χ0) is 17.4. The Hall–Kier alpha value is -2.37. The molecule has 0 saturated carbocycles. The SMILES string of the molecule is CC1CCC(c2ccc3c(cnn3C(C)C)c2)N(C(=O)C(N)=O)C1. The molecule has 6 heteroatoms. The van der Waals surface area contributed by atoms with E-state index in [1.807, 2.05) is 23.0 Å². The summed E-state index contributed by atoms with van der Waals surface area (Å²) in [7, 11) is 0. The van der Waals surface area contributed by atoms with E-state index in [2.05, 4.69) is 31.9 Å². The summed E-state index contributed by atoms with van der Waals surface area (Å²) in [5.74, 6) is -1.11. The first-order valence-corrected chi connectivity index (χ1v) is 8.46. The minimum Gasteiger partial charge on any atom is -0.361 e. The molecule has 2 unspecified atom stereocenters. The Balaban J connectivity index is 1.97. The predicted molar refractivity (Wildman–Crippen MR) is 92.2 cm³/mol. The lowest BCUT2D eigenvalue weighted by Crippen LogP contribution is -2.46. The monoisotopic (exact) mass is 328 g/mol. The fraction of sp³-hybridized carbons (Fsp3) is 0.500. The van der Waals surface area contributed by atoms with Gasteiger partial charge in [-0.1, -0.05) is 13.0 Å². The van der Waals surface area contributed by atoms with Gasteiger partial charge in [0, 0.05) is 18.0 Å². The molecule has 2 aromatic rings. The van der Waals surface area contributed by atoms with E-state index >= 15 is 0 Å². The lowest BCUT2D eigenvalue weighted by atomic mass is 9.89. The second-order valence-electron chi connectivity index (χ2n) is 7.02. The van der Waals surface area contributed by atoms with Crippen LogP contribution in [0.4, 0.5) is 0 Å². The second kappa shape index (κ2) is 6.26. The van der Waals surface area contributed by atoms with E-state index in [0.717, 1.165) is 29.3 Å². The highest BCUT2D eigenvalue weighted by atomic mass is 16.2. The van der Waals surface area contributed by atoms with E-state index in [1.165, 1.54) is 0 Å². The molecule has 24 heavy (non-hydrogen) atoms. The molecule has 1 aliphatic rings. The summed E-state index contributed by atoms with van der Waals surface area (Å²) in [6, 6.07) is 6.33. The van der Waals surface area contributed by atoms with Gasteiger partial charge in [-0.05, 0) is 50.3 Å². The average molecular weight is 328 g/mol. The maximum Gasteiger partial charge on any atom is 0.312 e. The zero-order valence-electron chi connectivity index (χ0n) is 14.4. The minimum atomic E-state index is -0.886. The standard InChI is InChI=1S/C18H24N4O2/c1-11(2)22-16-7-5-13(8-14(16)9-20-22)15-6-4-12(3)10-21(15)18(24)17(19)23/h5,7-9,11-12,15H,4,6,10H2,1-3H3,(H2,19,23). The van der Waals surface area contributed by atoms with E-state index in [1.54, 1.807) is 4.90 Å². The first-order chi connectivity index (χ1) is 11.4. The van der Waals surface area contributed by atoms with Gasteiger partial charge in [0.05, 0.1) is 17.8 Å². The Morgan fingerprint density at radius 2 is 2.04 bits per heavy atom. The molecular weight excluding hydrogens is 304 g/mol. The summed E-state index contributed by atoms with van der Waals surface area (Å²) >= 11 is 0. The van der Waals surface area contributed by atoms with Gasteiger partial charge >= 0.3 is 11.8 Å².